The van der Waals surface area contributed by atoms with Gasteiger partial charge in [0.25, 0.3) is 0 Å². The van der Waals surface area contributed by atoms with Gasteiger partial charge in [0.1, 0.15) is 5.84 Å². The first-order valence-corrected chi connectivity index (χ1v) is 7.61. The molecule has 3 N–H and O–H groups in total. The van der Waals surface area contributed by atoms with E-state index in [0.29, 0.717) is 30.4 Å². The van der Waals surface area contributed by atoms with Gasteiger partial charge in [-0.25, -0.2) is 0 Å². The van der Waals surface area contributed by atoms with E-state index in [-0.39, 0.29) is 0 Å². The molecule has 2 rings (SSSR count). The lowest BCUT2D eigenvalue weighted by molar-refractivity contribution is -0.00731. The Kier molecular flexibility index (Phi) is 5.05. The highest BCUT2D eigenvalue weighted by Crippen LogP contribution is 2.26. The lowest BCUT2D eigenvalue weighted by Crippen LogP contribution is -2.61. The Morgan fingerprint density at radius 2 is 2.21 bits per heavy atom. The van der Waals surface area contributed by atoms with E-state index < -0.39 is 0 Å². The third-order valence-corrected chi connectivity index (χ3v) is 4.75. The molecule has 19 heavy (non-hydrogen) atoms. The Morgan fingerprint density at radius 3 is 2.89 bits per heavy atom. The van der Waals surface area contributed by atoms with E-state index in [4.69, 9.17) is 10.9 Å². The van der Waals surface area contributed by atoms with Crippen LogP contribution in [0.3, 0.4) is 0 Å². The highest BCUT2D eigenvalue weighted by Gasteiger charge is 2.35. The molecule has 0 aliphatic carbocycles. The van der Waals surface area contributed by atoms with E-state index in [9.17, 15) is 0 Å². The Labute approximate surface area is 116 Å². The summed E-state index contributed by atoms with van der Waals surface area (Å²) in [6, 6.07) is 1.67. The zero-order chi connectivity index (χ0) is 13.8. The molecule has 5 nitrogen and oxygen atoms in total. The van der Waals surface area contributed by atoms with Crippen LogP contribution >= 0.6 is 0 Å². The fraction of sp³-hybridized carbons (Fsp3) is 0.929. The second kappa shape index (κ2) is 6.57. The summed E-state index contributed by atoms with van der Waals surface area (Å²) < 4.78 is 0. The van der Waals surface area contributed by atoms with Crippen molar-refractivity contribution in [2.24, 2.45) is 10.9 Å². The van der Waals surface area contributed by atoms with Gasteiger partial charge in [0.05, 0.1) is 0 Å². The van der Waals surface area contributed by atoms with Gasteiger partial charge in [-0.2, -0.15) is 0 Å². The monoisotopic (exact) mass is 268 g/mol. The maximum Gasteiger partial charge on any atom is 0.140 e. The quantitative estimate of drug-likeness (QED) is 0.351. The number of fused-ring (bicyclic) bond motifs is 1. The standard InChI is InChI=1S/C14H28N4O/c1-3-12(8-14(15)16-19)18-10-13-6-4-5-7-17(13)9-11(18)2/h11-13,19H,3-10H2,1-2H3,(H2,15,16). The highest BCUT2D eigenvalue weighted by molar-refractivity contribution is 5.80. The molecule has 0 radical (unpaired) electrons. The van der Waals surface area contributed by atoms with Gasteiger partial charge >= 0.3 is 0 Å². The van der Waals surface area contributed by atoms with Crippen molar-refractivity contribution in [1.82, 2.24) is 9.80 Å². The van der Waals surface area contributed by atoms with Crippen molar-refractivity contribution in [3.05, 3.63) is 0 Å². The van der Waals surface area contributed by atoms with Crippen LogP contribution in [-0.4, -0.2) is 58.6 Å². The second-order valence-electron chi connectivity index (χ2n) is 6.05. The molecule has 110 valence electrons. The van der Waals surface area contributed by atoms with Crippen molar-refractivity contribution < 1.29 is 5.21 Å². The molecular formula is C14H28N4O. The normalized spacial score (nSPS) is 32.0. The Morgan fingerprint density at radius 1 is 1.42 bits per heavy atom. The lowest BCUT2D eigenvalue weighted by Gasteiger charge is -2.50. The molecular weight excluding hydrogens is 240 g/mol. The number of nitrogens with zero attached hydrogens (tertiary/aromatic N) is 3. The van der Waals surface area contributed by atoms with Gasteiger partial charge in [0, 0.05) is 37.6 Å². The van der Waals surface area contributed by atoms with Crippen molar-refractivity contribution in [1.29, 1.82) is 0 Å². The van der Waals surface area contributed by atoms with E-state index in [0.717, 1.165) is 19.5 Å². The van der Waals surface area contributed by atoms with Crippen molar-refractivity contribution in [2.45, 2.75) is 64.1 Å². The molecule has 0 aromatic heterocycles. The topological polar surface area (TPSA) is 65.1 Å². The molecule has 2 aliphatic heterocycles. The van der Waals surface area contributed by atoms with Gasteiger partial charge in [-0.1, -0.05) is 18.5 Å². The number of oxime groups is 1. The molecule has 2 fully saturated rings. The van der Waals surface area contributed by atoms with Gasteiger partial charge in [-0.3, -0.25) is 9.80 Å². The maximum atomic E-state index is 8.77. The Bertz CT molecular complexity index is 321. The second-order valence-corrected chi connectivity index (χ2v) is 6.05. The molecule has 2 aliphatic rings. The minimum absolute atomic E-state index is 0.352. The van der Waals surface area contributed by atoms with Crippen molar-refractivity contribution in [3.63, 3.8) is 0 Å². The van der Waals surface area contributed by atoms with E-state index in [1.165, 1.54) is 25.8 Å². The molecule has 0 aromatic carbocycles. The summed E-state index contributed by atoms with van der Waals surface area (Å²) in [6.45, 7) is 8.06. The van der Waals surface area contributed by atoms with E-state index in [1.54, 1.807) is 0 Å². The molecule has 3 atom stereocenters. The molecule has 0 aromatic rings. The van der Waals surface area contributed by atoms with Crippen LogP contribution in [0.15, 0.2) is 5.16 Å². The first kappa shape index (κ1) is 14.6. The molecule has 0 bridgehead atoms. The zero-order valence-electron chi connectivity index (χ0n) is 12.3. The van der Waals surface area contributed by atoms with Gasteiger partial charge in [0.15, 0.2) is 0 Å². The number of nitrogens with two attached hydrogens (primary N) is 1. The average Bonchev–Trinajstić information content (AvgIpc) is 2.44. The molecule has 2 heterocycles. The van der Waals surface area contributed by atoms with Gasteiger partial charge in [0.2, 0.25) is 0 Å². The van der Waals surface area contributed by atoms with Crippen LogP contribution in [0, 0.1) is 0 Å². The Balaban J connectivity index is 2.01. The molecule has 5 heteroatoms. The molecule has 0 amide bonds. The largest absolute Gasteiger partial charge is 0.409 e. The third kappa shape index (κ3) is 3.39. The fourth-order valence-corrected chi connectivity index (χ4v) is 3.66. The van der Waals surface area contributed by atoms with Crippen LogP contribution in [0.5, 0.6) is 0 Å². The summed E-state index contributed by atoms with van der Waals surface area (Å²) in [5, 5.41) is 11.9. The first-order chi connectivity index (χ1) is 9.15. The number of hydrogen-bond donors (Lipinski definition) is 2. The summed E-state index contributed by atoms with van der Waals surface area (Å²) in [4.78, 5) is 5.23. The fourth-order valence-electron chi connectivity index (χ4n) is 3.66. The summed E-state index contributed by atoms with van der Waals surface area (Å²) in [5.74, 6) is 0.352. The predicted octanol–water partition coefficient (Wildman–Crippen LogP) is 1.46. The predicted molar refractivity (Wildman–Crippen MR) is 77.5 cm³/mol. The van der Waals surface area contributed by atoms with Crippen molar-refractivity contribution >= 4 is 5.84 Å². The number of amidine groups is 1. The molecule has 0 saturated carbocycles. The third-order valence-electron chi connectivity index (χ3n) is 4.75. The highest BCUT2D eigenvalue weighted by atomic mass is 16.4. The summed E-state index contributed by atoms with van der Waals surface area (Å²) in [5.41, 5.74) is 5.70. The minimum atomic E-state index is 0.352. The summed E-state index contributed by atoms with van der Waals surface area (Å²) in [6.07, 6.45) is 5.76. The van der Waals surface area contributed by atoms with Crippen molar-refractivity contribution in [3.8, 4) is 0 Å². The number of piperazine rings is 1. The zero-order valence-corrected chi connectivity index (χ0v) is 12.3. The van der Waals surface area contributed by atoms with Crippen LogP contribution in [0.4, 0.5) is 0 Å². The smallest absolute Gasteiger partial charge is 0.140 e. The van der Waals surface area contributed by atoms with Crippen LogP contribution in [0.1, 0.15) is 46.0 Å². The van der Waals surface area contributed by atoms with E-state index in [1.807, 2.05) is 0 Å². The van der Waals surface area contributed by atoms with Crippen LogP contribution in [0.2, 0.25) is 0 Å². The molecule has 0 spiro atoms. The summed E-state index contributed by atoms with van der Waals surface area (Å²) >= 11 is 0. The van der Waals surface area contributed by atoms with Crippen LogP contribution in [-0.2, 0) is 0 Å². The van der Waals surface area contributed by atoms with Gasteiger partial charge in [-0.05, 0) is 32.7 Å². The van der Waals surface area contributed by atoms with E-state index >= 15 is 0 Å². The number of rotatable bonds is 4. The molecule has 2 saturated heterocycles. The van der Waals surface area contributed by atoms with Gasteiger partial charge in [-0.15, -0.1) is 0 Å². The number of piperidine rings is 1. The minimum Gasteiger partial charge on any atom is -0.409 e. The maximum absolute atomic E-state index is 8.77. The van der Waals surface area contributed by atoms with Crippen LogP contribution in [0.25, 0.3) is 0 Å². The lowest BCUT2D eigenvalue weighted by atomic mass is 9.94. The Hall–Kier alpha value is -0.810. The first-order valence-electron chi connectivity index (χ1n) is 7.61. The van der Waals surface area contributed by atoms with Gasteiger partial charge < -0.3 is 10.9 Å². The van der Waals surface area contributed by atoms with Crippen LogP contribution < -0.4 is 5.73 Å². The molecule has 3 unspecified atom stereocenters. The van der Waals surface area contributed by atoms with E-state index in [2.05, 4.69) is 28.8 Å². The summed E-state index contributed by atoms with van der Waals surface area (Å²) in [7, 11) is 0. The number of hydrogen-bond acceptors (Lipinski definition) is 4. The van der Waals surface area contributed by atoms with Crippen molar-refractivity contribution in [2.75, 3.05) is 19.6 Å². The SMILES string of the molecule is CCC(CC(N)=NO)N1CC2CCCCN2CC1C. The average molecular weight is 268 g/mol.